The number of allylic oxidation sites excluding steroid dienone is 5. The van der Waals surface area contributed by atoms with Crippen LogP contribution in [0.2, 0.25) is 0 Å². The quantitative estimate of drug-likeness (QED) is 0.557. The van der Waals surface area contributed by atoms with Crippen molar-refractivity contribution in [2.75, 3.05) is 0 Å². The van der Waals surface area contributed by atoms with Crippen molar-refractivity contribution >= 4 is 11.9 Å². The van der Waals surface area contributed by atoms with Gasteiger partial charge in [0.2, 0.25) is 0 Å². The average Bonchev–Trinajstić information content (AvgIpc) is 2.64. The van der Waals surface area contributed by atoms with E-state index in [2.05, 4.69) is 4.99 Å². The Labute approximate surface area is 151 Å². The average molecular weight is 351 g/mol. The first-order chi connectivity index (χ1) is 12.6. The number of nitrogens with zero attached hydrogens (tertiary/aromatic N) is 1. The van der Waals surface area contributed by atoms with E-state index in [0.29, 0.717) is 17.0 Å². The summed E-state index contributed by atoms with van der Waals surface area (Å²) in [6.45, 7) is 0.0670. The Morgan fingerprint density at radius 3 is 2.35 bits per heavy atom. The predicted molar refractivity (Wildman–Crippen MR) is 102 cm³/mol. The highest BCUT2D eigenvalue weighted by Crippen LogP contribution is 2.13. The second-order valence-corrected chi connectivity index (χ2v) is 5.33. The number of rotatable bonds is 7. The van der Waals surface area contributed by atoms with Crippen molar-refractivity contribution in [3.63, 3.8) is 0 Å². The third-order valence-corrected chi connectivity index (χ3v) is 3.44. The van der Waals surface area contributed by atoms with Gasteiger partial charge in [0.25, 0.3) is 0 Å². The molecule has 0 aliphatic heterocycles. The fraction of sp³-hybridized carbons (Fsp3) is 0.0476. The second kappa shape index (κ2) is 9.84. The molecule has 0 amide bonds. The topological polar surface area (TPSA) is 62.2 Å². The molecule has 5 heteroatoms. The monoisotopic (exact) mass is 351 g/mol. The van der Waals surface area contributed by atoms with Crippen molar-refractivity contribution in [3.8, 4) is 0 Å². The molecule has 0 bridgehead atoms. The van der Waals surface area contributed by atoms with Crippen LogP contribution in [0.25, 0.3) is 0 Å². The molecular weight excluding hydrogens is 332 g/mol. The summed E-state index contributed by atoms with van der Waals surface area (Å²) in [5.74, 6) is -0.797. The lowest BCUT2D eigenvalue weighted by atomic mass is 10.1. The molecule has 2 aromatic rings. The highest BCUT2D eigenvalue weighted by Gasteiger charge is 2.08. The van der Waals surface area contributed by atoms with Crippen molar-refractivity contribution in [2.24, 2.45) is 10.7 Å². The summed E-state index contributed by atoms with van der Waals surface area (Å²) < 4.78 is 28.0. The van der Waals surface area contributed by atoms with Gasteiger partial charge in [-0.25, -0.2) is 8.78 Å². The Hall–Kier alpha value is -3.34. The molecule has 0 saturated carbocycles. The van der Waals surface area contributed by atoms with Gasteiger partial charge >= 0.3 is 0 Å². The van der Waals surface area contributed by atoms with Gasteiger partial charge in [-0.3, -0.25) is 4.99 Å². The molecule has 3 nitrogen and oxygen atoms in total. The van der Waals surface area contributed by atoms with Crippen molar-refractivity contribution in [1.82, 2.24) is 0 Å². The van der Waals surface area contributed by atoms with E-state index in [4.69, 9.17) is 11.1 Å². The lowest BCUT2D eigenvalue weighted by molar-refractivity contribution is 0.610. The molecule has 0 aliphatic carbocycles. The highest BCUT2D eigenvalue weighted by atomic mass is 19.1. The third kappa shape index (κ3) is 5.63. The number of halogens is 2. The van der Waals surface area contributed by atoms with E-state index in [-0.39, 0.29) is 17.9 Å². The molecule has 26 heavy (non-hydrogen) atoms. The first-order valence-corrected chi connectivity index (χ1v) is 7.95. The van der Waals surface area contributed by atoms with Gasteiger partial charge in [-0.2, -0.15) is 0 Å². The molecule has 0 atom stereocenters. The summed E-state index contributed by atoms with van der Waals surface area (Å²) in [4.78, 5) is 4.36. The van der Waals surface area contributed by atoms with Crippen molar-refractivity contribution < 1.29 is 8.78 Å². The minimum atomic E-state index is -0.434. The van der Waals surface area contributed by atoms with Gasteiger partial charge in [-0.15, -0.1) is 0 Å². The van der Waals surface area contributed by atoms with E-state index in [1.165, 1.54) is 24.3 Å². The summed E-state index contributed by atoms with van der Waals surface area (Å²) in [6.07, 6.45) is 9.13. The Balaban J connectivity index is 2.36. The summed E-state index contributed by atoms with van der Waals surface area (Å²) in [6, 6.07) is 12.5. The maximum Gasteiger partial charge on any atom is 0.132 e. The van der Waals surface area contributed by atoms with Gasteiger partial charge < -0.3 is 11.1 Å². The fourth-order valence-corrected chi connectivity index (χ4v) is 2.17. The Morgan fingerprint density at radius 2 is 1.65 bits per heavy atom. The molecule has 0 unspecified atom stereocenters. The van der Waals surface area contributed by atoms with Crippen molar-refractivity contribution in [2.45, 2.75) is 6.54 Å². The molecule has 0 radical (unpaired) electrons. The zero-order valence-corrected chi connectivity index (χ0v) is 14.1. The summed E-state index contributed by atoms with van der Waals surface area (Å²) >= 11 is 0. The molecule has 0 aliphatic rings. The summed E-state index contributed by atoms with van der Waals surface area (Å²) in [7, 11) is 0. The number of nitrogens with one attached hydrogen (secondary N) is 1. The molecule has 0 fully saturated rings. The van der Waals surface area contributed by atoms with E-state index >= 15 is 0 Å². The van der Waals surface area contributed by atoms with E-state index in [1.807, 2.05) is 0 Å². The normalized spacial score (nSPS) is 12.8. The molecule has 2 aromatic carbocycles. The van der Waals surface area contributed by atoms with E-state index < -0.39 is 5.82 Å². The molecular formula is C21H19F2N3. The predicted octanol–water partition coefficient (Wildman–Crippen LogP) is 4.56. The van der Waals surface area contributed by atoms with Crippen LogP contribution < -0.4 is 5.73 Å². The molecule has 0 aromatic heterocycles. The van der Waals surface area contributed by atoms with Crippen LogP contribution in [0.5, 0.6) is 0 Å². The van der Waals surface area contributed by atoms with Gasteiger partial charge in [-0.1, -0.05) is 42.5 Å². The molecule has 0 saturated heterocycles. The smallest absolute Gasteiger partial charge is 0.132 e. The second-order valence-electron chi connectivity index (χ2n) is 5.33. The van der Waals surface area contributed by atoms with E-state index in [1.54, 1.807) is 54.6 Å². The Morgan fingerprint density at radius 1 is 0.962 bits per heavy atom. The van der Waals surface area contributed by atoms with Crippen LogP contribution in [0.4, 0.5) is 8.78 Å². The van der Waals surface area contributed by atoms with Crippen LogP contribution >= 0.6 is 0 Å². The maximum absolute atomic E-state index is 14.2. The van der Waals surface area contributed by atoms with Gasteiger partial charge in [0.15, 0.2) is 0 Å². The van der Waals surface area contributed by atoms with Gasteiger partial charge in [0.05, 0.1) is 12.3 Å². The van der Waals surface area contributed by atoms with Crippen LogP contribution in [-0.4, -0.2) is 11.9 Å². The van der Waals surface area contributed by atoms with Crippen LogP contribution in [0.3, 0.4) is 0 Å². The molecule has 132 valence electrons. The van der Waals surface area contributed by atoms with E-state index in [0.717, 1.165) is 6.21 Å². The fourth-order valence-electron chi connectivity index (χ4n) is 2.17. The molecule has 0 spiro atoms. The highest BCUT2D eigenvalue weighted by molar-refractivity contribution is 6.09. The van der Waals surface area contributed by atoms with Crippen LogP contribution in [0, 0.1) is 17.0 Å². The summed E-state index contributed by atoms with van der Waals surface area (Å²) in [5, 5.41) is 6.91. The SMILES string of the molecule is N=C/C=C\C=C\C(N)=CC(=NCc1ccccc1F)c1ccccc1F. The lowest BCUT2D eigenvalue weighted by Gasteiger charge is -2.06. The minimum Gasteiger partial charge on any atom is -0.399 e. The van der Waals surface area contributed by atoms with Crippen molar-refractivity contribution in [1.29, 1.82) is 5.41 Å². The number of hydrogen-bond acceptors (Lipinski definition) is 3. The van der Waals surface area contributed by atoms with E-state index in [9.17, 15) is 8.78 Å². The summed E-state index contributed by atoms with van der Waals surface area (Å²) in [5.41, 5.74) is 7.33. The van der Waals surface area contributed by atoms with Gasteiger partial charge in [0.1, 0.15) is 11.6 Å². The first-order valence-electron chi connectivity index (χ1n) is 7.95. The van der Waals surface area contributed by atoms with Gasteiger partial charge in [0, 0.05) is 23.0 Å². The van der Waals surface area contributed by atoms with Crippen molar-refractivity contribution in [3.05, 3.63) is 107 Å². The minimum absolute atomic E-state index is 0.0670. The first kappa shape index (κ1) is 19.0. The Bertz CT molecular complexity index is 880. The number of benzene rings is 2. The Kier molecular flexibility index (Phi) is 7.18. The zero-order valence-electron chi connectivity index (χ0n) is 14.1. The molecule has 0 heterocycles. The number of hydrogen-bond donors (Lipinski definition) is 2. The van der Waals surface area contributed by atoms with Gasteiger partial charge in [-0.05, 0) is 36.4 Å². The standard InChI is InChI=1S/C21H19F2N3/c22-19-11-5-3-8-16(19)15-26-21(18-10-4-6-12-20(18)23)14-17(25)9-2-1-7-13-24/h1-14,24H,15,25H2/b7-1-,9-2+,17-14?,24-13?,26-21?. The zero-order chi connectivity index (χ0) is 18.8. The van der Waals surface area contributed by atoms with Crippen LogP contribution in [-0.2, 0) is 6.54 Å². The number of aliphatic imine (C=N–C) groups is 1. The largest absolute Gasteiger partial charge is 0.399 e. The lowest BCUT2D eigenvalue weighted by Crippen LogP contribution is -2.06. The third-order valence-electron chi connectivity index (χ3n) is 3.44. The van der Waals surface area contributed by atoms with Crippen LogP contribution in [0.15, 0.2) is 89.6 Å². The molecule has 2 rings (SSSR count). The maximum atomic E-state index is 14.2. The number of nitrogens with two attached hydrogens (primary N) is 1. The molecule has 3 N–H and O–H groups in total. The van der Waals surface area contributed by atoms with Crippen LogP contribution in [0.1, 0.15) is 11.1 Å².